The lowest BCUT2D eigenvalue weighted by molar-refractivity contribution is 0.0676. The van der Waals surface area contributed by atoms with Gasteiger partial charge in [0.15, 0.2) is 0 Å². The summed E-state index contributed by atoms with van der Waals surface area (Å²) >= 11 is 0. The standard InChI is InChI=1S/C23H25N3O4S/c1-30-20-7-9-21(10-8-20)31(28,29)25-15-17-4-3-13-26(16-17)23(27)19-6-11-22-18(14-19)5-2-12-24-22/h2,5-12,14,17,25H,3-4,13,15-16H2,1H3. The number of benzene rings is 2. The van der Waals surface area contributed by atoms with Gasteiger partial charge in [0.1, 0.15) is 5.75 Å². The van der Waals surface area contributed by atoms with Crippen molar-refractivity contribution < 1.29 is 17.9 Å². The number of sulfonamides is 1. The average molecular weight is 440 g/mol. The van der Waals surface area contributed by atoms with E-state index in [4.69, 9.17) is 4.74 Å². The van der Waals surface area contributed by atoms with E-state index in [0.717, 1.165) is 23.7 Å². The average Bonchev–Trinajstić information content (AvgIpc) is 2.82. The number of methoxy groups -OCH3 is 1. The molecule has 162 valence electrons. The molecule has 8 heteroatoms. The highest BCUT2D eigenvalue weighted by atomic mass is 32.2. The first-order valence-corrected chi connectivity index (χ1v) is 11.7. The highest BCUT2D eigenvalue weighted by Crippen LogP contribution is 2.21. The fraction of sp³-hybridized carbons (Fsp3) is 0.304. The molecule has 0 bridgehead atoms. The van der Waals surface area contributed by atoms with Crippen LogP contribution in [-0.2, 0) is 10.0 Å². The molecular formula is C23H25N3O4S. The van der Waals surface area contributed by atoms with Crippen molar-refractivity contribution in [2.75, 3.05) is 26.7 Å². The van der Waals surface area contributed by atoms with Gasteiger partial charge in [-0.15, -0.1) is 0 Å². The number of rotatable bonds is 6. The molecule has 1 N–H and O–H groups in total. The zero-order valence-corrected chi connectivity index (χ0v) is 18.1. The molecule has 0 saturated carbocycles. The highest BCUT2D eigenvalue weighted by molar-refractivity contribution is 7.89. The van der Waals surface area contributed by atoms with E-state index in [1.807, 2.05) is 29.2 Å². The Morgan fingerprint density at radius 2 is 2.00 bits per heavy atom. The second-order valence-corrected chi connectivity index (χ2v) is 9.46. The van der Waals surface area contributed by atoms with Crippen molar-refractivity contribution in [2.24, 2.45) is 5.92 Å². The van der Waals surface area contributed by atoms with Crippen molar-refractivity contribution >= 4 is 26.8 Å². The molecule has 1 aliphatic rings. The molecule has 31 heavy (non-hydrogen) atoms. The van der Waals surface area contributed by atoms with Crippen molar-refractivity contribution in [2.45, 2.75) is 17.7 Å². The maximum atomic E-state index is 13.0. The van der Waals surface area contributed by atoms with Crippen LogP contribution >= 0.6 is 0 Å². The minimum absolute atomic E-state index is 0.0338. The molecule has 1 saturated heterocycles. The van der Waals surface area contributed by atoms with E-state index in [-0.39, 0.29) is 16.7 Å². The van der Waals surface area contributed by atoms with E-state index in [9.17, 15) is 13.2 Å². The van der Waals surface area contributed by atoms with Gasteiger partial charge in [-0.25, -0.2) is 13.1 Å². The Bertz CT molecular complexity index is 1180. The molecule has 3 aromatic rings. The predicted molar refractivity (Wildman–Crippen MR) is 119 cm³/mol. The third-order valence-electron chi connectivity index (χ3n) is 5.59. The third-order valence-corrected chi connectivity index (χ3v) is 7.03. The van der Waals surface area contributed by atoms with Gasteiger partial charge in [0, 0.05) is 36.8 Å². The lowest BCUT2D eigenvalue weighted by Crippen LogP contribution is -2.43. The van der Waals surface area contributed by atoms with Crippen LogP contribution in [0.4, 0.5) is 0 Å². The monoisotopic (exact) mass is 439 g/mol. The number of likely N-dealkylation sites (tertiary alicyclic amines) is 1. The molecule has 1 unspecified atom stereocenters. The predicted octanol–water partition coefficient (Wildman–Crippen LogP) is 3.07. The van der Waals surface area contributed by atoms with Gasteiger partial charge < -0.3 is 9.64 Å². The first-order valence-electron chi connectivity index (χ1n) is 10.2. The third kappa shape index (κ3) is 4.86. The number of nitrogens with one attached hydrogen (secondary N) is 1. The van der Waals surface area contributed by atoms with Crippen LogP contribution in [0.15, 0.2) is 65.7 Å². The zero-order valence-electron chi connectivity index (χ0n) is 17.3. The number of aromatic nitrogens is 1. The maximum absolute atomic E-state index is 13.0. The Morgan fingerprint density at radius 3 is 2.77 bits per heavy atom. The molecule has 1 amide bonds. The number of ether oxygens (including phenoxy) is 1. The molecule has 0 radical (unpaired) electrons. The molecule has 2 aromatic carbocycles. The first kappa shape index (κ1) is 21.3. The number of piperidine rings is 1. The number of pyridine rings is 1. The Kier molecular flexibility index (Phi) is 6.20. The summed E-state index contributed by atoms with van der Waals surface area (Å²) in [5, 5.41) is 0.925. The van der Waals surface area contributed by atoms with Gasteiger partial charge in [0.05, 0.1) is 17.5 Å². The Hall–Kier alpha value is -2.97. The smallest absolute Gasteiger partial charge is 0.253 e. The lowest BCUT2D eigenvalue weighted by Gasteiger charge is -2.33. The Morgan fingerprint density at radius 1 is 1.19 bits per heavy atom. The van der Waals surface area contributed by atoms with Gasteiger partial charge in [0.25, 0.3) is 5.91 Å². The minimum Gasteiger partial charge on any atom is -0.497 e. The minimum atomic E-state index is -3.61. The fourth-order valence-corrected chi connectivity index (χ4v) is 4.99. The van der Waals surface area contributed by atoms with Gasteiger partial charge in [-0.2, -0.15) is 0 Å². The zero-order chi connectivity index (χ0) is 21.8. The van der Waals surface area contributed by atoms with Crippen LogP contribution in [-0.4, -0.2) is 51.0 Å². The summed E-state index contributed by atoms with van der Waals surface area (Å²) in [6, 6.07) is 15.6. The molecule has 1 aromatic heterocycles. The SMILES string of the molecule is COc1ccc(S(=O)(=O)NCC2CCCN(C(=O)c3ccc4ncccc4c3)C2)cc1. The second-order valence-electron chi connectivity index (χ2n) is 7.70. The van der Waals surface area contributed by atoms with Crippen LogP contribution in [0.2, 0.25) is 0 Å². The van der Waals surface area contributed by atoms with Gasteiger partial charge >= 0.3 is 0 Å². The van der Waals surface area contributed by atoms with Gasteiger partial charge in [-0.1, -0.05) is 6.07 Å². The van der Waals surface area contributed by atoms with Crippen LogP contribution in [0.3, 0.4) is 0 Å². The summed E-state index contributed by atoms with van der Waals surface area (Å²) in [6.45, 7) is 1.49. The summed E-state index contributed by atoms with van der Waals surface area (Å²) in [6.07, 6.45) is 3.44. The largest absolute Gasteiger partial charge is 0.497 e. The Balaban J connectivity index is 1.40. The normalized spacial score (nSPS) is 16.9. The molecule has 0 spiro atoms. The van der Waals surface area contributed by atoms with Crippen molar-refractivity contribution in [1.29, 1.82) is 0 Å². The Labute approximate surface area is 182 Å². The summed E-state index contributed by atoms with van der Waals surface area (Å²) < 4.78 is 33.0. The maximum Gasteiger partial charge on any atom is 0.253 e. The molecule has 1 atom stereocenters. The fourth-order valence-electron chi connectivity index (χ4n) is 3.87. The van der Waals surface area contributed by atoms with Crippen LogP contribution in [0.1, 0.15) is 23.2 Å². The summed E-state index contributed by atoms with van der Waals surface area (Å²) in [7, 11) is -2.08. The van der Waals surface area contributed by atoms with E-state index in [0.29, 0.717) is 30.9 Å². The van der Waals surface area contributed by atoms with Crippen LogP contribution in [0, 0.1) is 5.92 Å². The number of carbonyl (C=O) groups is 1. The number of amides is 1. The quantitative estimate of drug-likeness (QED) is 0.638. The first-order chi connectivity index (χ1) is 15.0. The molecule has 1 aliphatic heterocycles. The lowest BCUT2D eigenvalue weighted by atomic mass is 9.97. The molecule has 0 aliphatic carbocycles. The van der Waals surface area contributed by atoms with E-state index in [1.54, 1.807) is 24.4 Å². The van der Waals surface area contributed by atoms with E-state index in [2.05, 4.69) is 9.71 Å². The molecule has 7 nitrogen and oxygen atoms in total. The summed E-state index contributed by atoms with van der Waals surface area (Å²) in [4.78, 5) is 19.3. The van der Waals surface area contributed by atoms with Gasteiger partial charge in [-0.05, 0) is 67.3 Å². The summed E-state index contributed by atoms with van der Waals surface area (Å²) in [5.74, 6) is 0.631. The van der Waals surface area contributed by atoms with Crippen molar-refractivity contribution in [3.8, 4) is 5.75 Å². The molecular weight excluding hydrogens is 414 g/mol. The molecule has 1 fully saturated rings. The number of fused-ring (bicyclic) bond motifs is 1. The van der Waals surface area contributed by atoms with Crippen molar-refractivity contribution in [3.63, 3.8) is 0 Å². The van der Waals surface area contributed by atoms with Crippen molar-refractivity contribution in [3.05, 3.63) is 66.4 Å². The number of nitrogens with zero attached hydrogens (tertiary/aromatic N) is 2. The van der Waals surface area contributed by atoms with Crippen LogP contribution in [0.5, 0.6) is 5.75 Å². The van der Waals surface area contributed by atoms with Crippen LogP contribution in [0.25, 0.3) is 10.9 Å². The second kappa shape index (κ2) is 9.03. The van der Waals surface area contributed by atoms with E-state index >= 15 is 0 Å². The van der Waals surface area contributed by atoms with Crippen molar-refractivity contribution in [1.82, 2.24) is 14.6 Å². The highest BCUT2D eigenvalue weighted by Gasteiger charge is 2.26. The number of carbonyl (C=O) groups excluding carboxylic acids is 1. The number of hydrogen-bond acceptors (Lipinski definition) is 5. The van der Waals surface area contributed by atoms with Gasteiger partial charge in [-0.3, -0.25) is 9.78 Å². The van der Waals surface area contributed by atoms with Crippen LogP contribution < -0.4 is 9.46 Å². The van der Waals surface area contributed by atoms with Gasteiger partial charge in [0.2, 0.25) is 10.0 Å². The number of hydrogen-bond donors (Lipinski definition) is 1. The summed E-state index contributed by atoms with van der Waals surface area (Å²) in [5.41, 5.74) is 1.48. The molecule has 4 rings (SSSR count). The molecule has 2 heterocycles. The van der Waals surface area contributed by atoms with E-state index in [1.165, 1.54) is 19.2 Å². The topological polar surface area (TPSA) is 88.6 Å². The van der Waals surface area contributed by atoms with E-state index < -0.39 is 10.0 Å².